The number of hydrogen-bond acceptors (Lipinski definition) is 3. The molecular weight excluding hydrogens is 200 g/mol. The van der Waals surface area contributed by atoms with Crippen molar-refractivity contribution in [1.29, 1.82) is 0 Å². The van der Waals surface area contributed by atoms with Gasteiger partial charge in [-0.25, -0.2) is 0 Å². The van der Waals surface area contributed by atoms with E-state index in [1.165, 1.54) is 0 Å². The molecule has 1 aromatic carbocycles. The number of rotatable bonds is 4. The molecule has 0 aliphatic carbocycles. The highest BCUT2D eigenvalue weighted by atomic mass is 16.5. The molecule has 3 heteroatoms. The quantitative estimate of drug-likeness (QED) is 0.782. The summed E-state index contributed by atoms with van der Waals surface area (Å²) in [4.78, 5) is 4.33. The van der Waals surface area contributed by atoms with Gasteiger partial charge in [0.1, 0.15) is 11.6 Å². The maximum absolute atomic E-state index is 5.63. The summed E-state index contributed by atoms with van der Waals surface area (Å²) in [7, 11) is 0. The lowest BCUT2D eigenvalue weighted by Gasteiger charge is -2.08. The molecule has 0 bridgehead atoms. The Morgan fingerprint density at radius 3 is 2.88 bits per heavy atom. The fourth-order valence-corrected chi connectivity index (χ4v) is 1.60. The molecule has 84 valence electrons. The summed E-state index contributed by atoms with van der Waals surface area (Å²) in [6, 6.07) is 10.1. The van der Waals surface area contributed by atoms with Crippen molar-refractivity contribution in [2.75, 3.05) is 19.7 Å². The van der Waals surface area contributed by atoms with Gasteiger partial charge in [-0.3, -0.25) is 4.99 Å². The number of hydrogen-bond donors (Lipinski definition) is 1. The van der Waals surface area contributed by atoms with Crippen LogP contribution in [0.3, 0.4) is 0 Å². The molecular formula is C13H16N2O. The van der Waals surface area contributed by atoms with E-state index in [0.717, 1.165) is 30.2 Å². The Kier molecular flexibility index (Phi) is 3.59. The first kappa shape index (κ1) is 10.7. The Morgan fingerprint density at radius 1 is 1.44 bits per heavy atom. The maximum atomic E-state index is 5.63. The summed E-state index contributed by atoms with van der Waals surface area (Å²) in [5.41, 5.74) is 1.08. The fourth-order valence-electron chi connectivity index (χ4n) is 1.60. The molecule has 0 amide bonds. The molecule has 1 aliphatic heterocycles. The van der Waals surface area contributed by atoms with Gasteiger partial charge in [-0.1, -0.05) is 30.3 Å². The summed E-state index contributed by atoms with van der Waals surface area (Å²) in [6.45, 7) is 4.41. The second kappa shape index (κ2) is 5.35. The van der Waals surface area contributed by atoms with Crippen LogP contribution >= 0.6 is 0 Å². The molecule has 1 heterocycles. The van der Waals surface area contributed by atoms with Crippen LogP contribution in [0.15, 0.2) is 41.4 Å². The molecule has 0 unspecified atom stereocenters. The Bertz CT molecular complexity index is 396. The molecule has 0 atom stereocenters. The van der Waals surface area contributed by atoms with Crippen LogP contribution in [0.5, 0.6) is 0 Å². The predicted molar refractivity (Wildman–Crippen MR) is 66.3 cm³/mol. The minimum atomic E-state index is 0.661. The van der Waals surface area contributed by atoms with Crippen molar-refractivity contribution < 1.29 is 4.74 Å². The first-order valence-electron chi connectivity index (χ1n) is 5.58. The zero-order valence-electron chi connectivity index (χ0n) is 9.44. The van der Waals surface area contributed by atoms with E-state index in [1.54, 1.807) is 0 Å². The van der Waals surface area contributed by atoms with E-state index in [4.69, 9.17) is 4.74 Å². The van der Waals surface area contributed by atoms with Gasteiger partial charge in [-0.2, -0.15) is 0 Å². The van der Waals surface area contributed by atoms with E-state index in [1.807, 2.05) is 43.3 Å². The van der Waals surface area contributed by atoms with Crippen LogP contribution in [0, 0.1) is 0 Å². The zero-order valence-corrected chi connectivity index (χ0v) is 9.44. The van der Waals surface area contributed by atoms with Crippen molar-refractivity contribution >= 4 is 11.6 Å². The third kappa shape index (κ3) is 2.63. The lowest BCUT2D eigenvalue weighted by molar-refractivity contribution is 0.298. The Balaban J connectivity index is 2.23. The zero-order chi connectivity index (χ0) is 11.2. The van der Waals surface area contributed by atoms with Crippen molar-refractivity contribution in [3.05, 3.63) is 42.0 Å². The van der Waals surface area contributed by atoms with Gasteiger partial charge < -0.3 is 10.1 Å². The van der Waals surface area contributed by atoms with Crippen LogP contribution in [0.25, 0.3) is 5.76 Å². The lowest BCUT2D eigenvalue weighted by Crippen LogP contribution is -2.16. The van der Waals surface area contributed by atoms with Gasteiger partial charge in [0.15, 0.2) is 0 Å². The summed E-state index contributed by atoms with van der Waals surface area (Å²) in [6.07, 6.45) is 1.96. The van der Waals surface area contributed by atoms with Gasteiger partial charge in [0.05, 0.1) is 13.2 Å². The molecule has 0 radical (unpaired) electrons. The smallest absolute Gasteiger partial charge is 0.130 e. The minimum Gasteiger partial charge on any atom is -0.493 e. The second-order valence-electron chi connectivity index (χ2n) is 3.50. The molecule has 0 spiro atoms. The molecule has 1 N–H and O–H groups in total. The number of nitrogens with one attached hydrogen (secondary N) is 1. The Labute approximate surface area is 95.8 Å². The largest absolute Gasteiger partial charge is 0.493 e. The van der Waals surface area contributed by atoms with Crippen molar-refractivity contribution in [2.45, 2.75) is 6.92 Å². The van der Waals surface area contributed by atoms with Crippen LogP contribution in [0.4, 0.5) is 0 Å². The van der Waals surface area contributed by atoms with Gasteiger partial charge in [-0.15, -0.1) is 0 Å². The monoisotopic (exact) mass is 216 g/mol. The number of nitrogens with zero attached hydrogens (tertiary/aromatic N) is 1. The van der Waals surface area contributed by atoms with Crippen LogP contribution in [0.2, 0.25) is 0 Å². The highest BCUT2D eigenvalue weighted by Crippen LogP contribution is 2.15. The predicted octanol–water partition coefficient (Wildman–Crippen LogP) is 2.07. The SMILES string of the molecule is CCOC(=CC1=NCCN1)c1ccccc1. The van der Waals surface area contributed by atoms with Crippen molar-refractivity contribution in [3.63, 3.8) is 0 Å². The van der Waals surface area contributed by atoms with E-state index in [-0.39, 0.29) is 0 Å². The highest BCUT2D eigenvalue weighted by Gasteiger charge is 2.06. The molecule has 2 rings (SSSR count). The molecule has 0 fully saturated rings. The van der Waals surface area contributed by atoms with Gasteiger partial charge in [-0.05, 0) is 6.92 Å². The Hall–Kier alpha value is -1.77. The second-order valence-corrected chi connectivity index (χ2v) is 3.50. The van der Waals surface area contributed by atoms with Crippen molar-refractivity contribution in [2.24, 2.45) is 4.99 Å². The van der Waals surface area contributed by atoms with Crippen LogP contribution < -0.4 is 5.32 Å². The van der Waals surface area contributed by atoms with Gasteiger partial charge >= 0.3 is 0 Å². The Morgan fingerprint density at radius 2 is 2.25 bits per heavy atom. The molecule has 16 heavy (non-hydrogen) atoms. The minimum absolute atomic E-state index is 0.661. The van der Waals surface area contributed by atoms with E-state index in [0.29, 0.717) is 6.61 Å². The standard InChI is InChI=1S/C13H16N2O/c1-2-16-12(10-13-14-8-9-15-13)11-6-4-3-5-7-11/h3-7,10H,2,8-9H2,1H3,(H,14,15). The summed E-state index contributed by atoms with van der Waals surface area (Å²) in [5, 5.41) is 3.21. The average Bonchev–Trinajstić information content (AvgIpc) is 2.83. The fraction of sp³-hybridized carbons (Fsp3) is 0.308. The van der Waals surface area contributed by atoms with Gasteiger partial charge in [0, 0.05) is 18.2 Å². The third-order valence-electron chi connectivity index (χ3n) is 2.33. The summed E-state index contributed by atoms with van der Waals surface area (Å²) >= 11 is 0. The normalized spacial score (nSPS) is 15.6. The lowest BCUT2D eigenvalue weighted by atomic mass is 10.2. The average molecular weight is 216 g/mol. The van der Waals surface area contributed by atoms with Crippen LogP contribution in [-0.4, -0.2) is 25.5 Å². The maximum Gasteiger partial charge on any atom is 0.130 e. The van der Waals surface area contributed by atoms with Gasteiger partial charge in [0.2, 0.25) is 0 Å². The highest BCUT2D eigenvalue weighted by molar-refractivity contribution is 5.99. The molecule has 1 aliphatic rings. The molecule has 0 saturated carbocycles. The van der Waals surface area contributed by atoms with Crippen LogP contribution in [0.1, 0.15) is 12.5 Å². The van der Waals surface area contributed by atoms with E-state index in [2.05, 4.69) is 10.3 Å². The molecule has 1 aromatic rings. The number of ether oxygens (including phenoxy) is 1. The van der Waals surface area contributed by atoms with E-state index < -0.39 is 0 Å². The first-order chi connectivity index (χ1) is 7.90. The molecule has 3 nitrogen and oxygen atoms in total. The van der Waals surface area contributed by atoms with Crippen molar-refractivity contribution in [1.82, 2.24) is 5.32 Å². The van der Waals surface area contributed by atoms with E-state index in [9.17, 15) is 0 Å². The number of benzene rings is 1. The van der Waals surface area contributed by atoms with Gasteiger partial charge in [0.25, 0.3) is 0 Å². The summed E-state index contributed by atoms with van der Waals surface area (Å²) in [5.74, 6) is 1.78. The number of amidine groups is 1. The first-order valence-corrected chi connectivity index (χ1v) is 5.58. The topological polar surface area (TPSA) is 33.6 Å². The molecule has 0 aromatic heterocycles. The van der Waals surface area contributed by atoms with Crippen molar-refractivity contribution in [3.8, 4) is 0 Å². The molecule has 0 saturated heterocycles. The third-order valence-corrected chi connectivity index (χ3v) is 2.33. The number of aliphatic imine (C=N–C) groups is 1. The summed E-state index contributed by atoms with van der Waals surface area (Å²) < 4.78 is 5.63. The van der Waals surface area contributed by atoms with E-state index >= 15 is 0 Å². The van der Waals surface area contributed by atoms with Crippen LogP contribution in [-0.2, 0) is 4.74 Å².